The van der Waals surface area contributed by atoms with E-state index in [9.17, 15) is 0 Å². The van der Waals surface area contributed by atoms with Gasteiger partial charge in [0.2, 0.25) is 0 Å². The second-order valence-electron chi connectivity index (χ2n) is 0.816. The second kappa shape index (κ2) is 105. The molecule has 0 bridgehead atoms. The Kier molecular flexibility index (Phi) is 281. The Morgan fingerprint density at radius 3 is 1.18 bits per heavy atom. The van der Waals surface area contributed by atoms with Crippen molar-refractivity contribution in [2.24, 2.45) is 0 Å². The molecular weight excluding hydrogens is 229 g/mol. The summed E-state index contributed by atoms with van der Waals surface area (Å²) in [6.45, 7) is 14.2. The van der Waals surface area contributed by atoms with Crippen molar-refractivity contribution in [2.75, 3.05) is 0 Å². The van der Waals surface area contributed by atoms with Crippen LogP contribution >= 0.6 is 12.6 Å². The molecule has 0 fully saturated rings. The number of hydrogen-bond acceptors (Lipinski definition) is 1. The van der Waals surface area contributed by atoms with E-state index in [2.05, 4.69) is 53.0 Å². The first-order chi connectivity index (χ1) is 4.91. The molecule has 11 heavy (non-hydrogen) atoms. The molecule has 2 heteroatoms. The first-order valence-electron chi connectivity index (χ1n) is 3.42. The van der Waals surface area contributed by atoms with Crippen LogP contribution in [0.15, 0.2) is 0 Å². The largest absolute Gasteiger partial charge is 0.372 e. The molecule has 0 aromatic heterocycles. The summed E-state index contributed by atoms with van der Waals surface area (Å²) in [5.74, 6) is 0. The molecule has 0 rings (SSSR count). The molecule has 0 N–H and O–H groups in total. The molecule has 0 atom stereocenters. The van der Waals surface area contributed by atoms with E-state index in [1.54, 1.807) is 13.8 Å². The fourth-order valence-electron chi connectivity index (χ4n) is 0. The van der Waals surface area contributed by atoms with E-state index in [1.807, 2.05) is 0 Å². The molecule has 0 aliphatic heterocycles. The summed E-state index contributed by atoms with van der Waals surface area (Å²) in [4.78, 5) is 0. The van der Waals surface area contributed by atoms with Gasteiger partial charge in [-0.2, -0.15) is 27.2 Å². The Hall–Kier alpha value is 1.45. The summed E-state index contributed by atoms with van der Waals surface area (Å²) in [5, 5.41) is 0. The van der Waals surface area contributed by atoms with Crippen LogP contribution in [0.1, 0.15) is 34.1 Å². The Balaban J connectivity index is -0.0000000152. The van der Waals surface area contributed by atoms with Gasteiger partial charge in [0.25, 0.3) is 0 Å². The fraction of sp³-hybridized carbons (Fsp3) is 0.556. The predicted octanol–water partition coefficient (Wildman–Crippen LogP) is 4.01. The van der Waals surface area contributed by atoms with Crippen molar-refractivity contribution in [3.8, 4) is 0 Å². The van der Waals surface area contributed by atoms with Crippen LogP contribution in [-0.4, -0.2) is 0 Å². The van der Waals surface area contributed by atoms with Gasteiger partial charge >= 0.3 is 0 Å². The van der Waals surface area contributed by atoms with E-state index in [0.29, 0.717) is 0 Å². The van der Waals surface area contributed by atoms with Crippen LogP contribution in [0.25, 0.3) is 0 Å². The Morgan fingerprint density at radius 2 is 1.18 bits per heavy atom. The maximum Gasteiger partial charge on any atom is 0 e. The van der Waals surface area contributed by atoms with Crippen LogP contribution in [0.5, 0.6) is 0 Å². The molecule has 0 amide bonds. The van der Waals surface area contributed by atoms with Crippen molar-refractivity contribution in [3.63, 3.8) is 0 Å². The minimum Gasteiger partial charge on any atom is -0.372 e. The van der Waals surface area contributed by atoms with Gasteiger partial charge in [0.05, 0.1) is 0 Å². The SMILES string of the molecule is C[CH-]CC.[CH2-]C.[CH2-]C.[CH2-]S.[Y]. The number of rotatable bonds is 1. The summed E-state index contributed by atoms with van der Waals surface area (Å²) in [6, 6.07) is 0. The van der Waals surface area contributed by atoms with Gasteiger partial charge < -0.3 is 32.9 Å². The maximum absolute atomic E-state index is 3.28. The molecular formula is C9H22SY-4. The number of unbranched alkanes of at least 4 members (excludes halogenated alkanes) is 1. The van der Waals surface area contributed by atoms with Crippen LogP contribution in [0, 0.1) is 26.5 Å². The standard InChI is InChI=1S/C4H9.2C2H5.CH3S.Y/c1-3-4-2;3*1-2;/h3H,4H2,1-2H3;2*1H2,2H3;2H,1H2;/q4*-1;. The van der Waals surface area contributed by atoms with E-state index in [4.69, 9.17) is 0 Å². The zero-order valence-corrected chi connectivity index (χ0v) is 12.2. The van der Waals surface area contributed by atoms with Crippen LogP contribution in [0.4, 0.5) is 0 Å². The average molecular weight is 251 g/mol. The molecule has 0 saturated carbocycles. The third-order valence-corrected chi connectivity index (χ3v) is 0.408. The van der Waals surface area contributed by atoms with Crippen molar-refractivity contribution in [3.05, 3.63) is 26.5 Å². The van der Waals surface area contributed by atoms with Gasteiger partial charge in [-0.05, 0) is 0 Å². The molecule has 71 valence electrons. The normalized spacial score (nSPS) is 4.36. The first kappa shape index (κ1) is 29.4. The van der Waals surface area contributed by atoms with Gasteiger partial charge in [-0.15, -0.1) is 0 Å². The van der Waals surface area contributed by atoms with Crippen molar-refractivity contribution >= 4 is 12.6 Å². The van der Waals surface area contributed by atoms with Gasteiger partial charge in [-0.3, -0.25) is 6.26 Å². The van der Waals surface area contributed by atoms with Crippen LogP contribution in [0.2, 0.25) is 0 Å². The summed E-state index contributed by atoms with van der Waals surface area (Å²) in [7, 11) is 0. The smallest absolute Gasteiger partial charge is 0 e. The van der Waals surface area contributed by atoms with Gasteiger partial charge in [0.1, 0.15) is 0 Å². The summed E-state index contributed by atoms with van der Waals surface area (Å²) < 4.78 is 0. The summed E-state index contributed by atoms with van der Waals surface area (Å²) in [6.07, 6.45) is 6.26. The average Bonchev–Trinajstić information content (AvgIpc) is 2.14. The third-order valence-electron chi connectivity index (χ3n) is 0.408. The van der Waals surface area contributed by atoms with Crippen molar-refractivity contribution in [1.82, 2.24) is 0 Å². The minimum absolute atomic E-state index is 0. The fourth-order valence-corrected chi connectivity index (χ4v) is 0. The Labute approximate surface area is 105 Å². The molecule has 0 nitrogen and oxygen atoms in total. The van der Waals surface area contributed by atoms with Crippen LogP contribution in [-0.2, 0) is 32.7 Å². The van der Waals surface area contributed by atoms with E-state index in [-0.39, 0.29) is 32.7 Å². The quantitative estimate of drug-likeness (QED) is 0.528. The molecule has 0 unspecified atom stereocenters. The van der Waals surface area contributed by atoms with E-state index >= 15 is 0 Å². The van der Waals surface area contributed by atoms with Crippen LogP contribution in [0.3, 0.4) is 0 Å². The minimum atomic E-state index is 0. The van der Waals surface area contributed by atoms with E-state index < -0.39 is 0 Å². The third kappa shape index (κ3) is 170. The second-order valence-corrected chi connectivity index (χ2v) is 0.816. The number of hydrogen-bond donors (Lipinski definition) is 1. The van der Waals surface area contributed by atoms with Gasteiger partial charge in [-0.1, -0.05) is 6.92 Å². The topological polar surface area (TPSA) is 0 Å². The molecule has 0 heterocycles. The molecule has 0 aromatic carbocycles. The van der Waals surface area contributed by atoms with Crippen molar-refractivity contribution in [2.45, 2.75) is 34.1 Å². The number of thiol groups is 1. The summed E-state index contributed by atoms with van der Waals surface area (Å²) >= 11 is 3.28. The zero-order chi connectivity index (χ0) is 9.41. The first-order valence-corrected chi connectivity index (χ1v) is 4.06. The summed E-state index contributed by atoms with van der Waals surface area (Å²) in [5.41, 5.74) is 0. The molecule has 0 saturated heterocycles. The molecule has 1 radical (unpaired) electrons. The molecule has 0 aliphatic rings. The Bertz CT molecular complexity index is 11.5. The predicted molar refractivity (Wildman–Crippen MR) is 56.7 cm³/mol. The molecule has 0 aliphatic carbocycles. The molecule has 0 aromatic rings. The zero-order valence-electron chi connectivity index (χ0n) is 8.43. The molecule has 0 spiro atoms. The monoisotopic (exact) mass is 251 g/mol. The Morgan fingerprint density at radius 1 is 1.09 bits per heavy atom. The van der Waals surface area contributed by atoms with Gasteiger partial charge in [0.15, 0.2) is 0 Å². The van der Waals surface area contributed by atoms with Crippen molar-refractivity contribution in [1.29, 1.82) is 0 Å². The van der Waals surface area contributed by atoms with Crippen molar-refractivity contribution < 1.29 is 32.7 Å². The van der Waals surface area contributed by atoms with E-state index in [0.717, 1.165) is 0 Å². The van der Waals surface area contributed by atoms with Crippen LogP contribution < -0.4 is 0 Å². The van der Waals surface area contributed by atoms with Gasteiger partial charge in [-0.25, -0.2) is 0 Å². The van der Waals surface area contributed by atoms with E-state index in [1.165, 1.54) is 6.42 Å². The van der Waals surface area contributed by atoms with Gasteiger partial charge in [0, 0.05) is 32.7 Å². The maximum atomic E-state index is 3.28.